The molecule has 0 aliphatic rings. The highest BCUT2D eigenvalue weighted by Crippen LogP contribution is 2.35. The van der Waals surface area contributed by atoms with Gasteiger partial charge in [0.05, 0.1) is 10.2 Å². The topological polar surface area (TPSA) is 84.9 Å². The van der Waals surface area contributed by atoms with Crippen LogP contribution in [0.4, 0.5) is 0 Å². The van der Waals surface area contributed by atoms with Gasteiger partial charge in [0.15, 0.2) is 11.5 Å². The van der Waals surface area contributed by atoms with Crippen molar-refractivity contribution in [1.29, 1.82) is 0 Å². The minimum Gasteiger partial charge on any atom is -0.490 e. The molecule has 0 heterocycles. The molecule has 7 heteroatoms. The van der Waals surface area contributed by atoms with Gasteiger partial charge in [-0.2, -0.15) is 0 Å². The van der Waals surface area contributed by atoms with E-state index in [1.165, 1.54) is 6.08 Å². The lowest BCUT2D eigenvalue weighted by atomic mass is 10.1. The SMILES string of the molecule is CCOc1cc(C=C(NC(=O)c2ccccc2)C(=O)O)cc(I)c1OCc1ccccc1C. The molecular weight excluding hydrogens is 533 g/mol. The molecule has 0 aromatic heterocycles. The normalized spacial score (nSPS) is 11.1. The van der Waals surface area contributed by atoms with Crippen molar-refractivity contribution in [3.63, 3.8) is 0 Å². The quantitative estimate of drug-likeness (QED) is 0.271. The molecule has 0 fully saturated rings. The van der Waals surface area contributed by atoms with Crippen LogP contribution in [0.15, 0.2) is 72.4 Å². The van der Waals surface area contributed by atoms with E-state index < -0.39 is 11.9 Å². The summed E-state index contributed by atoms with van der Waals surface area (Å²) in [5.41, 5.74) is 2.89. The zero-order chi connectivity index (χ0) is 23.8. The summed E-state index contributed by atoms with van der Waals surface area (Å²) >= 11 is 2.13. The highest BCUT2D eigenvalue weighted by molar-refractivity contribution is 14.1. The number of carbonyl (C=O) groups is 2. The number of carbonyl (C=O) groups excluding carboxylic acids is 1. The number of carboxylic acid groups (broad SMARTS) is 1. The number of ether oxygens (including phenoxy) is 2. The molecule has 3 rings (SSSR count). The summed E-state index contributed by atoms with van der Waals surface area (Å²) in [4.78, 5) is 24.2. The number of nitrogens with one attached hydrogen (secondary N) is 1. The summed E-state index contributed by atoms with van der Waals surface area (Å²) in [5.74, 6) is -0.652. The predicted octanol–water partition coefficient (Wildman–Crippen LogP) is 5.43. The number of rotatable bonds is 9. The summed E-state index contributed by atoms with van der Waals surface area (Å²) in [6, 6.07) is 19.9. The lowest BCUT2D eigenvalue weighted by Crippen LogP contribution is -2.27. The Kier molecular flexibility index (Phi) is 8.48. The first kappa shape index (κ1) is 24.3. The Balaban J connectivity index is 1.88. The number of hydrogen-bond acceptors (Lipinski definition) is 4. The van der Waals surface area contributed by atoms with Crippen LogP contribution < -0.4 is 14.8 Å². The van der Waals surface area contributed by atoms with Crippen LogP contribution in [0.25, 0.3) is 6.08 Å². The average molecular weight is 557 g/mol. The lowest BCUT2D eigenvalue weighted by molar-refractivity contribution is -0.132. The van der Waals surface area contributed by atoms with Gasteiger partial charge in [-0.3, -0.25) is 4.79 Å². The predicted molar refractivity (Wildman–Crippen MR) is 135 cm³/mol. The van der Waals surface area contributed by atoms with Gasteiger partial charge in [-0.1, -0.05) is 42.5 Å². The van der Waals surface area contributed by atoms with Crippen LogP contribution in [0.5, 0.6) is 11.5 Å². The van der Waals surface area contributed by atoms with Gasteiger partial charge in [0, 0.05) is 5.56 Å². The molecule has 0 saturated heterocycles. The molecule has 33 heavy (non-hydrogen) atoms. The van der Waals surface area contributed by atoms with Crippen molar-refractivity contribution in [2.75, 3.05) is 6.61 Å². The zero-order valence-corrected chi connectivity index (χ0v) is 20.5. The Morgan fingerprint density at radius 2 is 1.73 bits per heavy atom. The van der Waals surface area contributed by atoms with E-state index in [-0.39, 0.29) is 5.70 Å². The van der Waals surface area contributed by atoms with Gasteiger partial charge in [0.1, 0.15) is 12.3 Å². The fourth-order valence-corrected chi connectivity index (χ4v) is 3.88. The highest BCUT2D eigenvalue weighted by atomic mass is 127. The smallest absolute Gasteiger partial charge is 0.352 e. The van der Waals surface area contributed by atoms with Crippen molar-refractivity contribution in [1.82, 2.24) is 5.32 Å². The first-order valence-electron chi connectivity index (χ1n) is 10.3. The maximum absolute atomic E-state index is 12.4. The second-order valence-electron chi connectivity index (χ2n) is 7.16. The first-order valence-corrected chi connectivity index (χ1v) is 11.4. The van der Waals surface area contributed by atoms with E-state index in [1.807, 2.05) is 38.1 Å². The van der Waals surface area contributed by atoms with Gasteiger partial charge in [0.25, 0.3) is 5.91 Å². The van der Waals surface area contributed by atoms with Gasteiger partial charge in [-0.25, -0.2) is 4.79 Å². The van der Waals surface area contributed by atoms with E-state index in [0.29, 0.717) is 35.8 Å². The number of benzene rings is 3. The van der Waals surface area contributed by atoms with E-state index >= 15 is 0 Å². The summed E-state index contributed by atoms with van der Waals surface area (Å²) in [6.45, 7) is 4.69. The molecular formula is C26H24INO5. The summed E-state index contributed by atoms with van der Waals surface area (Å²) in [5, 5.41) is 12.1. The number of aliphatic carboxylic acids is 1. The molecule has 0 saturated carbocycles. The lowest BCUT2D eigenvalue weighted by Gasteiger charge is -2.16. The van der Waals surface area contributed by atoms with Crippen molar-refractivity contribution in [3.05, 3.63) is 98.3 Å². The van der Waals surface area contributed by atoms with Gasteiger partial charge in [0.2, 0.25) is 0 Å². The largest absolute Gasteiger partial charge is 0.490 e. The summed E-state index contributed by atoms with van der Waals surface area (Å²) < 4.78 is 12.6. The molecule has 3 aromatic carbocycles. The monoisotopic (exact) mass is 557 g/mol. The highest BCUT2D eigenvalue weighted by Gasteiger charge is 2.16. The molecule has 6 nitrogen and oxygen atoms in total. The maximum Gasteiger partial charge on any atom is 0.352 e. The number of amides is 1. The summed E-state index contributed by atoms with van der Waals surface area (Å²) in [6.07, 6.45) is 1.40. The molecule has 1 amide bonds. The van der Waals surface area contributed by atoms with Gasteiger partial charge < -0.3 is 19.9 Å². The van der Waals surface area contributed by atoms with Crippen molar-refractivity contribution in [2.45, 2.75) is 20.5 Å². The van der Waals surface area contributed by atoms with Crippen molar-refractivity contribution in [2.24, 2.45) is 0 Å². The molecule has 3 aromatic rings. The van der Waals surface area contributed by atoms with Gasteiger partial charge >= 0.3 is 5.97 Å². The maximum atomic E-state index is 12.4. The first-order chi connectivity index (χ1) is 15.9. The number of carboxylic acids is 1. The van der Waals surface area contributed by atoms with Crippen LogP contribution in [0.1, 0.15) is 34.0 Å². The Morgan fingerprint density at radius 1 is 1.03 bits per heavy atom. The summed E-state index contributed by atoms with van der Waals surface area (Å²) in [7, 11) is 0. The number of hydrogen-bond donors (Lipinski definition) is 2. The third-order valence-electron chi connectivity index (χ3n) is 4.79. The van der Waals surface area contributed by atoms with Crippen LogP contribution in [0.3, 0.4) is 0 Å². The third kappa shape index (κ3) is 6.58. The molecule has 0 radical (unpaired) electrons. The van der Waals surface area contributed by atoms with Crippen LogP contribution >= 0.6 is 22.6 Å². The van der Waals surface area contributed by atoms with Gasteiger partial charge in [-0.15, -0.1) is 0 Å². The van der Waals surface area contributed by atoms with E-state index in [9.17, 15) is 14.7 Å². The number of aryl methyl sites for hydroxylation is 1. The second kappa shape index (κ2) is 11.5. The molecule has 0 unspecified atom stereocenters. The van der Waals surface area contributed by atoms with Crippen LogP contribution in [-0.2, 0) is 11.4 Å². The number of halogens is 1. The molecule has 0 aliphatic carbocycles. The second-order valence-corrected chi connectivity index (χ2v) is 8.32. The van der Waals surface area contributed by atoms with Crippen molar-refractivity contribution < 1.29 is 24.2 Å². The van der Waals surface area contributed by atoms with Gasteiger partial charge in [-0.05, 0) is 83.5 Å². The van der Waals surface area contributed by atoms with E-state index in [4.69, 9.17) is 9.47 Å². The average Bonchev–Trinajstić information content (AvgIpc) is 2.80. The van der Waals surface area contributed by atoms with Crippen LogP contribution in [0.2, 0.25) is 0 Å². The fraction of sp³-hybridized carbons (Fsp3) is 0.154. The van der Waals surface area contributed by atoms with E-state index in [2.05, 4.69) is 27.9 Å². The zero-order valence-electron chi connectivity index (χ0n) is 18.3. The Morgan fingerprint density at radius 3 is 2.39 bits per heavy atom. The standard InChI is InChI=1S/C26H24INO5/c1-3-32-23-15-18(13-21(27)24(23)33-16-20-12-8-7-9-17(20)2)14-22(26(30)31)28-25(29)19-10-5-4-6-11-19/h4-15H,3,16H2,1-2H3,(H,28,29)(H,30,31). The molecule has 170 valence electrons. The molecule has 0 bridgehead atoms. The Bertz CT molecular complexity index is 1170. The van der Waals surface area contributed by atoms with Crippen LogP contribution in [0, 0.1) is 10.5 Å². The Hall–Kier alpha value is -3.33. The van der Waals surface area contributed by atoms with Crippen molar-refractivity contribution >= 4 is 40.5 Å². The van der Waals surface area contributed by atoms with E-state index in [0.717, 1.165) is 14.7 Å². The minimum absolute atomic E-state index is 0.240. The van der Waals surface area contributed by atoms with Crippen molar-refractivity contribution in [3.8, 4) is 11.5 Å². The third-order valence-corrected chi connectivity index (χ3v) is 5.59. The van der Waals surface area contributed by atoms with E-state index in [1.54, 1.807) is 42.5 Å². The molecule has 0 aliphatic heterocycles. The molecule has 2 N–H and O–H groups in total. The molecule has 0 atom stereocenters. The Labute approximate surface area is 206 Å². The molecule has 0 spiro atoms. The van der Waals surface area contributed by atoms with Crippen LogP contribution in [-0.4, -0.2) is 23.6 Å². The fourth-order valence-electron chi connectivity index (χ4n) is 3.10. The minimum atomic E-state index is -1.24.